The largest absolute Gasteiger partial charge is 0.397 e. The number of nitrogens with zero attached hydrogens (tertiary/aromatic N) is 3. The number of hydrogen-bond acceptors (Lipinski definition) is 7. The Labute approximate surface area is 122 Å². The summed E-state index contributed by atoms with van der Waals surface area (Å²) in [6, 6.07) is 3.78. The first-order valence-electron chi connectivity index (χ1n) is 6.67. The molecular formula is C12H17N5O3S. The van der Waals surface area contributed by atoms with Crippen molar-refractivity contribution < 1.29 is 13.0 Å². The van der Waals surface area contributed by atoms with E-state index in [2.05, 4.69) is 15.6 Å². The highest BCUT2D eigenvalue weighted by molar-refractivity contribution is 7.88. The fraction of sp³-hybridized carbons (Fsp3) is 0.500. The third-order valence-corrected chi connectivity index (χ3v) is 5.03. The van der Waals surface area contributed by atoms with E-state index in [9.17, 15) is 8.42 Å². The van der Waals surface area contributed by atoms with Crippen LogP contribution in [0.15, 0.2) is 16.8 Å². The zero-order valence-electron chi connectivity index (χ0n) is 11.6. The molecule has 2 aromatic rings. The number of rotatable bonds is 3. The van der Waals surface area contributed by atoms with E-state index in [-0.39, 0.29) is 6.04 Å². The van der Waals surface area contributed by atoms with Crippen molar-refractivity contribution in [3.8, 4) is 0 Å². The minimum atomic E-state index is -3.10. The highest BCUT2D eigenvalue weighted by Crippen LogP contribution is 2.27. The summed E-state index contributed by atoms with van der Waals surface area (Å²) >= 11 is 0. The summed E-state index contributed by atoms with van der Waals surface area (Å²) in [5, 5.41) is 11.0. The van der Waals surface area contributed by atoms with Crippen molar-refractivity contribution in [3.63, 3.8) is 0 Å². The molecule has 1 aromatic carbocycles. The predicted octanol–water partition coefficient (Wildman–Crippen LogP) is 0.641. The molecule has 2 heterocycles. The van der Waals surface area contributed by atoms with Gasteiger partial charge in [0.25, 0.3) is 0 Å². The van der Waals surface area contributed by atoms with Gasteiger partial charge < -0.3 is 11.1 Å². The minimum absolute atomic E-state index is 0.187. The minimum Gasteiger partial charge on any atom is -0.397 e. The molecule has 0 bridgehead atoms. The average molecular weight is 311 g/mol. The Balaban J connectivity index is 1.73. The van der Waals surface area contributed by atoms with E-state index in [1.54, 1.807) is 6.07 Å². The number of piperidine rings is 1. The number of nitrogens with two attached hydrogens (primary N) is 1. The van der Waals surface area contributed by atoms with Crippen LogP contribution in [0.2, 0.25) is 0 Å². The number of hydrogen-bond donors (Lipinski definition) is 2. The molecule has 3 N–H and O–H groups in total. The molecule has 0 unspecified atom stereocenters. The van der Waals surface area contributed by atoms with E-state index >= 15 is 0 Å². The van der Waals surface area contributed by atoms with Gasteiger partial charge in [0, 0.05) is 19.1 Å². The quantitative estimate of drug-likeness (QED) is 0.799. The lowest BCUT2D eigenvalue weighted by Crippen LogP contribution is -2.41. The van der Waals surface area contributed by atoms with Crippen molar-refractivity contribution in [2.24, 2.45) is 0 Å². The summed E-state index contributed by atoms with van der Waals surface area (Å²) in [5.74, 6) is 0. The summed E-state index contributed by atoms with van der Waals surface area (Å²) < 4.78 is 29.2. The van der Waals surface area contributed by atoms with E-state index in [1.165, 1.54) is 10.6 Å². The van der Waals surface area contributed by atoms with Crippen LogP contribution in [-0.4, -0.2) is 48.4 Å². The molecule has 0 radical (unpaired) electrons. The number of benzene rings is 1. The zero-order chi connectivity index (χ0) is 15.0. The molecule has 1 aromatic heterocycles. The molecule has 0 amide bonds. The van der Waals surface area contributed by atoms with Crippen LogP contribution in [0, 0.1) is 0 Å². The number of sulfonamides is 1. The molecule has 8 nitrogen and oxygen atoms in total. The summed E-state index contributed by atoms with van der Waals surface area (Å²) in [4.78, 5) is 0. The van der Waals surface area contributed by atoms with Crippen molar-refractivity contribution in [1.29, 1.82) is 0 Å². The molecule has 1 fully saturated rings. The van der Waals surface area contributed by atoms with Crippen molar-refractivity contribution >= 4 is 32.4 Å². The van der Waals surface area contributed by atoms with Crippen molar-refractivity contribution in [2.45, 2.75) is 18.9 Å². The fourth-order valence-electron chi connectivity index (χ4n) is 2.55. The van der Waals surface area contributed by atoms with Crippen LogP contribution in [0.25, 0.3) is 11.0 Å². The van der Waals surface area contributed by atoms with Crippen LogP contribution in [0.1, 0.15) is 12.8 Å². The molecule has 1 saturated heterocycles. The van der Waals surface area contributed by atoms with Gasteiger partial charge in [-0.25, -0.2) is 17.4 Å². The molecule has 0 spiro atoms. The van der Waals surface area contributed by atoms with Crippen molar-refractivity contribution in [3.05, 3.63) is 12.1 Å². The molecule has 3 rings (SSSR count). The molecule has 0 atom stereocenters. The molecule has 1 aliphatic rings. The number of aromatic nitrogens is 2. The van der Waals surface area contributed by atoms with E-state index in [0.717, 1.165) is 18.5 Å². The summed E-state index contributed by atoms with van der Waals surface area (Å²) in [5.41, 5.74) is 8.26. The topological polar surface area (TPSA) is 114 Å². The Morgan fingerprint density at radius 2 is 1.95 bits per heavy atom. The fourth-order valence-corrected chi connectivity index (χ4v) is 3.43. The van der Waals surface area contributed by atoms with Gasteiger partial charge >= 0.3 is 0 Å². The van der Waals surface area contributed by atoms with Crippen LogP contribution in [0.4, 0.5) is 11.4 Å². The van der Waals surface area contributed by atoms with Crippen LogP contribution in [-0.2, 0) is 10.0 Å². The lowest BCUT2D eigenvalue weighted by Gasteiger charge is -2.31. The van der Waals surface area contributed by atoms with E-state index in [4.69, 9.17) is 10.4 Å². The zero-order valence-corrected chi connectivity index (χ0v) is 12.4. The molecule has 114 valence electrons. The maximum atomic E-state index is 11.5. The molecule has 0 aliphatic carbocycles. The SMILES string of the molecule is CS(=O)(=O)N1CCC(Nc2ccc(N)c3nonc23)CC1. The summed E-state index contributed by atoms with van der Waals surface area (Å²) in [6.07, 6.45) is 2.72. The van der Waals surface area contributed by atoms with Crippen LogP contribution in [0.3, 0.4) is 0 Å². The lowest BCUT2D eigenvalue weighted by atomic mass is 10.1. The van der Waals surface area contributed by atoms with Crippen LogP contribution >= 0.6 is 0 Å². The van der Waals surface area contributed by atoms with Gasteiger partial charge in [0.15, 0.2) is 11.0 Å². The Bertz CT molecular complexity index is 749. The second-order valence-electron chi connectivity index (χ2n) is 5.24. The monoisotopic (exact) mass is 311 g/mol. The Morgan fingerprint density at radius 3 is 2.62 bits per heavy atom. The first-order chi connectivity index (χ1) is 9.95. The Morgan fingerprint density at radius 1 is 1.29 bits per heavy atom. The highest BCUT2D eigenvalue weighted by Gasteiger charge is 2.25. The molecule has 1 aliphatic heterocycles. The first-order valence-corrected chi connectivity index (χ1v) is 8.52. The second-order valence-corrected chi connectivity index (χ2v) is 7.23. The molecule has 9 heteroatoms. The average Bonchev–Trinajstić information content (AvgIpc) is 2.92. The van der Waals surface area contributed by atoms with Gasteiger partial charge in [0.2, 0.25) is 10.0 Å². The number of anilines is 2. The molecule has 21 heavy (non-hydrogen) atoms. The van der Waals surface area contributed by atoms with E-state index in [1.807, 2.05) is 6.07 Å². The summed E-state index contributed by atoms with van der Waals surface area (Å²) in [7, 11) is -3.10. The number of nitrogen functional groups attached to an aromatic ring is 1. The third kappa shape index (κ3) is 2.79. The maximum Gasteiger partial charge on any atom is 0.211 e. The van der Waals surface area contributed by atoms with Gasteiger partial charge in [-0.05, 0) is 35.3 Å². The van der Waals surface area contributed by atoms with Crippen LogP contribution in [0.5, 0.6) is 0 Å². The highest BCUT2D eigenvalue weighted by atomic mass is 32.2. The normalized spacial score (nSPS) is 18.1. The van der Waals surface area contributed by atoms with E-state index < -0.39 is 10.0 Å². The van der Waals surface area contributed by atoms with Crippen molar-refractivity contribution in [1.82, 2.24) is 14.6 Å². The molecule has 0 saturated carbocycles. The van der Waals surface area contributed by atoms with Gasteiger partial charge in [0.1, 0.15) is 0 Å². The summed E-state index contributed by atoms with van der Waals surface area (Å²) in [6.45, 7) is 1.04. The van der Waals surface area contributed by atoms with Gasteiger partial charge in [-0.15, -0.1) is 0 Å². The number of nitrogens with one attached hydrogen (secondary N) is 1. The van der Waals surface area contributed by atoms with Gasteiger partial charge in [-0.2, -0.15) is 0 Å². The maximum absolute atomic E-state index is 11.5. The smallest absolute Gasteiger partial charge is 0.211 e. The standard InChI is InChI=1S/C12H17N5O3S/c1-21(18,19)17-6-4-8(5-7-17)14-10-3-2-9(13)11-12(10)16-20-15-11/h2-3,8,14H,4-7,13H2,1H3. The molecular weight excluding hydrogens is 294 g/mol. The van der Waals surface area contributed by atoms with Crippen molar-refractivity contribution in [2.75, 3.05) is 30.4 Å². The van der Waals surface area contributed by atoms with Gasteiger partial charge in [-0.1, -0.05) is 0 Å². The Hall–Kier alpha value is -1.87. The van der Waals surface area contributed by atoms with E-state index in [0.29, 0.717) is 29.8 Å². The third-order valence-electron chi connectivity index (χ3n) is 3.73. The first kappa shape index (κ1) is 14.1. The number of fused-ring (bicyclic) bond motifs is 1. The van der Waals surface area contributed by atoms with Gasteiger partial charge in [-0.3, -0.25) is 0 Å². The second kappa shape index (κ2) is 5.15. The van der Waals surface area contributed by atoms with Crippen LogP contribution < -0.4 is 11.1 Å². The lowest BCUT2D eigenvalue weighted by molar-refractivity contribution is 0.315. The Kier molecular flexibility index (Phi) is 3.46. The predicted molar refractivity (Wildman–Crippen MR) is 79.3 cm³/mol. The van der Waals surface area contributed by atoms with Gasteiger partial charge in [0.05, 0.1) is 17.6 Å².